The van der Waals surface area contributed by atoms with E-state index < -0.39 is 0 Å². The Morgan fingerprint density at radius 1 is 0.852 bits per heavy atom. The van der Waals surface area contributed by atoms with Crippen LogP contribution < -0.4 is 10.1 Å². The van der Waals surface area contributed by atoms with Gasteiger partial charge in [0.05, 0.1) is 17.6 Å². The second kappa shape index (κ2) is 9.28. The molecule has 0 saturated carbocycles. The number of nitrogens with one attached hydrogen (secondary N) is 1. The summed E-state index contributed by atoms with van der Waals surface area (Å²) in [4.78, 5) is 12.7. The molecule has 0 fully saturated rings. The van der Waals surface area contributed by atoms with E-state index in [1.54, 1.807) is 18.9 Å². The van der Waals surface area contributed by atoms with Gasteiger partial charge in [0.15, 0.2) is 0 Å². The first kappa shape index (κ1) is 19.1. The van der Waals surface area contributed by atoms with E-state index in [0.717, 1.165) is 11.4 Å². The molecule has 0 heterocycles. The average molecular weight is 378 g/mol. The van der Waals surface area contributed by atoms with Gasteiger partial charge in [0.25, 0.3) is 0 Å². The summed E-state index contributed by atoms with van der Waals surface area (Å²) < 4.78 is 5.16. The maximum atomic E-state index is 12.7. The number of benzene rings is 3. The molecular formula is C23H23NO2S. The second-order valence-corrected chi connectivity index (χ2v) is 7.65. The smallest absolute Gasteiger partial charge is 0.237 e. The van der Waals surface area contributed by atoms with Gasteiger partial charge in [0.2, 0.25) is 5.91 Å². The topological polar surface area (TPSA) is 38.3 Å². The number of ether oxygens (including phenoxy) is 1. The fourth-order valence-electron chi connectivity index (χ4n) is 2.79. The molecular weight excluding hydrogens is 354 g/mol. The number of hydrogen-bond donors (Lipinski definition) is 1. The van der Waals surface area contributed by atoms with Gasteiger partial charge in [0, 0.05) is 5.69 Å². The zero-order valence-corrected chi connectivity index (χ0v) is 16.3. The predicted molar refractivity (Wildman–Crippen MR) is 113 cm³/mol. The second-order valence-electron chi connectivity index (χ2n) is 6.20. The Hall–Kier alpha value is -2.72. The van der Waals surface area contributed by atoms with Crippen molar-refractivity contribution < 1.29 is 9.53 Å². The summed E-state index contributed by atoms with van der Waals surface area (Å²) in [5.41, 5.74) is 3.15. The van der Waals surface area contributed by atoms with Crippen LogP contribution in [0.15, 0.2) is 84.9 Å². The summed E-state index contributed by atoms with van der Waals surface area (Å²) in [6.45, 7) is 1.95. The molecule has 0 radical (unpaired) electrons. The highest BCUT2D eigenvalue weighted by atomic mass is 32.2. The monoisotopic (exact) mass is 377 g/mol. The van der Waals surface area contributed by atoms with Gasteiger partial charge in [-0.25, -0.2) is 0 Å². The quantitative estimate of drug-likeness (QED) is 0.587. The molecule has 0 unspecified atom stereocenters. The molecule has 0 aliphatic rings. The van der Waals surface area contributed by atoms with E-state index in [0.29, 0.717) is 0 Å². The zero-order valence-electron chi connectivity index (χ0n) is 15.5. The third kappa shape index (κ3) is 5.14. The van der Waals surface area contributed by atoms with Crippen molar-refractivity contribution >= 4 is 23.4 Å². The highest BCUT2D eigenvalue weighted by Gasteiger charge is 2.22. The van der Waals surface area contributed by atoms with E-state index in [4.69, 9.17) is 4.74 Å². The fourth-order valence-corrected chi connectivity index (χ4v) is 4.01. The molecule has 0 aliphatic heterocycles. The van der Waals surface area contributed by atoms with Crippen LogP contribution in [0.4, 0.5) is 5.69 Å². The maximum absolute atomic E-state index is 12.7. The molecule has 138 valence electrons. The van der Waals surface area contributed by atoms with Gasteiger partial charge in [-0.3, -0.25) is 4.79 Å². The van der Waals surface area contributed by atoms with E-state index >= 15 is 0 Å². The lowest BCUT2D eigenvalue weighted by atomic mass is 10.0. The molecule has 3 nitrogen and oxygen atoms in total. The SMILES string of the molecule is COc1ccc(NC(=O)[C@@H](C)SC(c2ccccc2)c2ccccc2)cc1. The first-order valence-corrected chi connectivity index (χ1v) is 9.82. The molecule has 3 aromatic carbocycles. The Morgan fingerprint density at radius 3 is 1.85 bits per heavy atom. The van der Waals surface area contributed by atoms with Crippen molar-refractivity contribution in [2.75, 3.05) is 12.4 Å². The average Bonchev–Trinajstić information content (AvgIpc) is 2.73. The van der Waals surface area contributed by atoms with Crippen LogP contribution in [-0.2, 0) is 4.79 Å². The van der Waals surface area contributed by atoms with E-state index in [-0.39, 0.29) is 16.4 Å². The van der Waals surface area contributed by atoms with Crippen molar-refractivity contribution in [2.45, 2.75) is 17.4 Å². The highest BCUT2D eigenvalue weighted by molar-refractivity contribution is 8.01. The Morgan fingerprint density at radius 2 is 1.37 bits per heavy atom. The first-order chi connectivity index (χ1) is 13.2. The minimum Gasteiger partial charge on any atom is -0.497 e. The molecule has 0 aromatic heterocycles. The van der Waals surface area contributed by atoms with Crippen molar-refractivity contribution in [2.24, 2.45) is 0 Å². The molecule has 3 rings (SSSR count). The lowest BCUT2D eigenvalue weighted by Crippen LogP contribution is -2.23. The molecule has 4 heteroatoms. The van der Waals surface area contributed by atoms with Gasteiger partial charge in [-0.05, 0) is 42.3 Å². The fraction of sp³-hybridized carbons (Fsp3) is 0.174. The van der Waals surface area contributed by atoms with E-state index in [1.807, 2.05) is 67.6 Å². The number of hydrogen-bond acceptors (Lipinski definition) is 3. The van der Waals surface area contributed by atoms with E-state index in [2.05, 4.69) is 29.6 Å². The third-order valence-electron chi connectivity index (χ3n) is 4.27. The highest BCUT2D eigenvalue weighted by Crippen LogP contribution is 2.38. The van der Waals surface area contributed by atoms with Crippen LogP contribution >= 0.6 is 11.8 Å². The normalized spacial score (nSPS) is 11.8. The minimum atomic E-state index is -0.211. The van der Waals surface area contributed by atoms with Crippen molar-refractivity contribution in [1.82, 2.24) is 0 Å². The van der Waals surface area contributed by atoms with Crippen LogP contribution in [0.25, 0.3) is 0 Å². The van der Waals surface area contributed by atoms with E-state index in [9.17, 15) is 4.79 Å². The minimum absolute atomic E-state index is 0.0120. The lowest BCUT2D eigenvalue weighted by Gasteiger charge is -2.21. The third-order valence-corrected chi connectivity index (χ3v) is 5.71. The molecule has 3 aromatic rings. The molecule has 0 spiro atoms. The summed E-state index contributed by atoms with van der Waals surface area (Å²) in [6, 6.07) is 28.0. The number of carbonyl (C=O) groups excluding carboxylic acids is 1. The van der Waals surface area contributed by atoms with Gasteiger partial charge >= 0.3 is 0 Å². The Bertz CT molecular complexity index is 811. The summed E-state index contributed by atoms with van der Waals surface area (Å²) in [5.74, 6) is 0.755. The zero-order chi connectivity index (χ0) is 19.1. The molecule has 1 amide bonds. The predicted octanol–water partition coefficient (Wildman–Crippen LogP) is 5.55. The summed E-state index contributed by atoms with van der Waals surface area (Å²) in [6.07, 6.45) is 0. The first-order valence-electron chi connectivity index (χ1n) is 8.87. The van der Waals surface area contributed by atoms with Crippen LogP contribution in [0.5, 0.6) is 5.75 Å². The number of methoxy groups -OCH3 is 1. The number of amides is 1. The van der Waals surface area contributed by atoms with Crippen molar-refractivity contribution in [3.63, 3.8) is 0 Å². The molecule has 1 N–H and O–H groups in total. The molecule has 0 saturated heterocycles. The molecule has 0 bridgehead atoms. The largest absolute Gasteiger partial charge is 0.497 e. The number of thioether (sulfide) groups is 1. The van der Waals surface area contributed by atoms with Crippen LogP contribution in [-0.4, -0.2) is 18.3 Å². The number of anilines is 1. The maximum Gasteiger partial charge on any atom is 0.237 e. The molecule has 27 heavy (non-hydrogen) atoms. The van der Waals surface area contributed by atoms with Gasteiger partial charge in [-0.15, -0.1) is 11.8 Å². The summed E-state index contributed by atoms with van der Waals surface area (Å²) >= 11 is 1.65. The Balaban J connectivity index is 1.73. The van der Waals surface area contributed by atoms with Crippen molar-refractivity contribution in [3.8, 4) is 5.75 Å². The van der Waals surface area contributed by atoms with Crippen LogP contribution in [0.3, 0.4) is 0 Å². The van der Waals surface area contributed by atoms with Crippen LogP contribution in [0.2, 0.25) is 0 Å². The molecule has 0 aliphatic carbocycles. The Kier molecular flexibility index (Phi) is 6.55. The van der Waals surface area contributed by atoms with Gasteiger partial charge in [0.1, 0.15) is 5.75 Å². The number of rotatable bonds is 7. The lowest BCUT2D eigenvalue weighted by molar-refractivity contribution is -0.115. The van der Waals surface area contributed by atoms with Gasteiger partial charge in [-0.1, -0.05) is 60.7 Å². The standard InChI is InChI=1S/C23H23NO2S/c1-17(23(25)24-20-13-15-21(26-2)16-14-20)27-22(18-9-5-3-6-10-18)19-11-7-4-8-12-19/h3-17,22H,1-2H3,(H,24,25)/t17-/m1/s1. The summed E-state index contributed by atoms with van der Waals surface area (Å²) in [7, 11) is 1.62. The van der Waals surface area contributed by atoms with Crippen molar-refractivity contribution in [3.05, 3.63) is 96.1 Å². The Labute approximate surface area is 164 Å². The van der Waals surface area contributed by atoms with Gasteiger partial charge in [-0.2, -0.15) is 0 Å². The number of carbonyl (C=O) groups is 1. The van der Waals surface area contributed by atoms with Crippen molar-refractivity contribution in [1.29, 1.82) is 0 Å². The van der Waals surface area contributed by atoms with Crippen LogP contribution in [0, 0.1) is 0 Å². The van der Waals surface area contributed by atoms with E-state index in [1.165, 1.54) is 11.1 Å². The van der Waals surface area contributed by atoms with Gasteiger partial charge < -0.3 is 10.1 Å². The summed E-state index contributed by atoms with van der Waals surface area (Å²) in [5, 5.41) is 2.88. The molecule has 1 atom stereocenters. The van der Waals surface area contributed by atoms with Crippen LogP contribution in [0.1, 0.15) is 23.3 Å².